The van der Waals surface area contributed by atoms with Crippen LogP contribution in [0.15, 0.2) is 79.3 Å². The second kappa shape index (κ2) is 6.59. The summed E-state index contributed by atoms with van der Waals surface area (Å²) in [5.41, 5.74) is 10.5. The van der Waals surface area contributed by atoms with Crippen molar-refractivity contribution in [1.29, 1.82) is 0 Å². The van der Waals surface area contributed by atoms with E-state index in [0.29, 0.717) is 11.8 Å². The number of hydrogen-bond donors (Lipinski definition) is 2. The maximum absolute atomic E-state index is 6.23. The zero-order valence-corrected chi connectivity index (χ0v) is 14.9. The van der Waals surface area contributed by atoms with Crippen LogP contribution in [0.25, 0.3) is 32.9 Å². The topological polar surface area (TPSA) is 89.6 Å². The number of aromatic nitrogens is 4. The van der Waals surface area contributed by atoms with Gasteiger partial charge in [0.25, 0.3) is 0 Å². The maximum Gasteiger partial charge on any atom is 0.229 e. The third-order valence-corrected chi connectivity index (χ3v) is 4.60. The number of nitrogens with zero attached hydrogens (tertiary/aromatic N) is 4. The molecule has 0 atom stereocenters. The van der Waals surface area contributed by atoms with Gasteiger partial charge in [-0.25, -0.2) is 4.98 Å². The van der Waals surface area contributed by atoms with Crippen molar-refractivity contribution in [2.45, 2.75) is 0 Å². The van der Waals surface area contributed by atoms with Crippen LogP contribution in [0, 0.1) is 0 Å². The van der Waals surface area contributed by atoms with Gasteiger partial charge in [0.2, 0.25) is 5.95 Å². The van der Waals surface area contributed by atoms with E-state index in [1.807, 2.05) is 60.7 Å². The van der Waals surface area contributed by atoms with Crippen molar-refractivity contribution >= 4 is 39.3 Å². The van der Waals surface area contributed by atoms with Crippen molar-refractivity contribution in [2.24, 2.45) is 0 Å². The van der Waals surface area contributed by atoms with Crippen molar-refractivity contribution in [3.63, 3.8) is 0 Å². The summed E-state index contributed by atoms with van der Waals surface area (Å²) in [7, 11) is 0. The van der Waals surface area contributed by atoms with Crippen molar-refractivity contribution in [3.05, 3.63) is 79.3 Å². The fraction of sp³-hybridized carbons (Fsp3) is 0. The maximum atomic E-state index is 6.23. The molecule has 0 bridgehead atoms. The molecule has 3 aromatic heterocycles. The predicted molar refractivity (Wildman–Crippen MR) is 112 cm³/mol. The Bertz CT molecular complexity index is 1310. The molecule has 0 radical (unpaired) electrons. The van der Waals surface area contributed by atoms with E-state index in [0.717, 1.165) is 38.6 Å². The molecule has 6 heteroatoms. The smallest absolute Gasteiger partial charge is 0.229 e. The molecule has 134 valence electrons. The Balaban J connectivity index is 1.50. The quantitative estimate of drug-likeness (QED) is 0.487. The number of pyridine rings is 2. The molecule has 0 aliphatic rings. The summed E-state index contributed by atoms with van der Waals surface area (Å²) in [6.45, 7) is 0. The van der Waals surface area contributed by atoms with Crippen molar-refractivity contribution in [3.8, 4) is 11.1 Å². The molecule has 5 rings (SSSR count). The van der Waals surface area contributed by atoms with E-state index >= 15 is 0 Å². The van der Waals surface area contributed by atoms with Gasteiger partial charge in [-0.15, -0.1) is 0 Å². The summed E-state index contributed by atoms with van der Waals surface area (Å²) in [5, 5.41) is 5.30. The molecule has 0 saturated carbocycles. The van der Waals surface area contributed by atoms with Crippen LogP contribution in [-0.4, -0.2) is 19.9 Å². The summed E-state index contributed by atoms with van der Waals surface area (Å²) >= 11 is 0. The van der Waals surface area contributed by atoms with Crippen molar-refractivity contribution in [2.75, 3.05) is 11.1 Å². The molecule has 5 aromatic rings. The van der Waals surface area contributed by atoms with Crippen LogP contribution in [0.2, 0.25) is 0 Å². The molecule has 0 amide bonds. The Labute approximate surface area is 161 Å². The molecule has 0 saturated heterocycles. The number of hydrogen-bond acceptors (Lipinski definition) is 6. The summed E-state index contributed by atoms with van der Waals surface area (Å²) in [6, 6.07) is 19.8. The van der Waals surface area contributed by atoms with Crippen LogP contribution in [0.1, 0.15) is 0 Å². The second-order valence-electron chi connectivity index (χ2n) is 6.41. The Hall–Kier alpha value is -4.06. The molecule has 0 unspecified atom stereocenters. The Morgan fingerprint density at radius 3 is 2.57 bits per heavy atom. The van der Waals surface area contributed by atoms with E-state index in [-0.39, 0.29) is 0 Å². The first-order chi connectivity index (χ1) is 13.8. The minimum atomic E-state index is 0.391. The zero-order chi connectivity index (χ0) is 18.9. The highest BCUT2D eigenvalue weighted by Gasteiger charge is 2.10. The van der Waals surface area contributed by atoms with Crippen LogP contribution < -0.4 is 11.1 Å². The van der Waals surface area contributed by atoms with E-state index in [1.165, 1.54) is 0 Å². The van der Waals surface area contributed by atoms with E-state index in [2.05, 4.69) is 25.3 Å². The number of fused-ring (bicyclic) bond motifs is 2. The van der Waals surface area contributed by atoms with Gasteiger partial charge in [-0.2, -0.15) is 4.98 Å². The zero-order valence-electron chi connectivity index (χ0n) is 14.9. The molecule has 0 spiro atoms. The van der Waals surface area contributed by atoms with Gasteiger partial charge in [-0.1, -0.05) is 36.4 Å². The van der Waals surface area contributed by atoms with Gasteiger partial charge in [-0.3, -0.25) is 9.97 Å². The number of nitrogen functional groups attached to an aromatic ring is 1. The Kier molecular flexibility index (Phi) is 3.80. The first-order valence-corrected chi connectivity index (χ1v) is 8.86. The third-order valence-electron chi connectivity index (χ3n) is 4.60. The van der Waals surface area contributed by atoms with Gasteiger partial charge in [0.15, 0.2) is 0 Å². The highest BCUT2D eigenvalue weighted by molar-refractivity contribution is 5.91. The molecule has 3 N–H and O–H groups in total. The van der Waals surface area contributed by atoms with E-state index in [9.17, 15) is 0 Å². The summed E-state index contributed by atoms with van der Waals surface area (Å²) in [4.78, 5) is 17.8. The first-order valence-electron chi connectivity index (χ1n) is 8.86. The van der Waals surface area contributed by atoms with Gasteiger partial charge in [0.05, 0.1) is 16.7 Å². The van der Waals surface area contributed by atoms with Crippen LogP contribution in [-0.2, 0) is 0 Å². The lowest BCUT2D eigenvalue weighted by Gasteiger charge is -2.10. The number of rotatable bonds is 3. The predicted octanol–water partition coefficient (Wildman–Crippen LogP) is 4.57. The van der Waals surface area contributed by atoms with Crippen LogP contribution >= 0.6 is 0 Å². The average Bonchev–Trinajstić information content (AvgIpc) is 2.74. The normalized spacial score (nSPS) is 11.0. The van der Waals surface area contributed by atoms with Gasteiger partial charge in [0, 0.05) is 40.5 Å². The monoisotopic (exact) mass is 364 g/mol. The summed E-state index contributed by atoms with van der Waals surface area (Å²) in [6.07, 6.45) is 5.27. The lowest BCUT2D eigenvalue weighted by molar-refractivity contribution is 1.17. The summed E-state index contributed by atoms with van der Waals surface area (Å²) < 4.78 is 0. The fourth-order valence-electron chi connectivity index (χ4n) is 3.22. The highest BCUT2D eigenvalue weighted by atomic mass is 15.1. The number of anilines is 3. The lowest BCUT2D eigenvalue weighted by Crippen LogP contribution is -2.03. The van der Waals surface area contributed by atoms with Crippen molar-refractivity contribution in [1.82, 2.24) is 19.9 Å². The molecule has 28 heavy (non-hydrogen) atoms. The van der Waals surface area contributed by atoms with Gasteiger partial charge >= 0.3 is 0 Å². The van der Waals surface area contributed by atoms with Crippen LogP contribution in [0.5, 0.6) is 0 Å². The molecular weight excluding hydrogens is 348 g/mol. The van der Waals surface area contributed by atoms with E-state index < -0.39 is 0 Å². The average molecular weight is 364 g/mol. The number of nitrogens with two attached hydrogens (primary N) is 1. The third kappa shape index (κ3) is 2.87. The molecule has 0 fully saturated rings. The largest absolute Gasteiger partial charge is 0.383 e. The van der Waals surface area contributed by atoms with E-state index in [1.54, 1.807) is 18.6 Å². The molecule has 0 aliphatic carbocycles. The lowest BCUT2D eigenvalue weighted by atomic mass is 10.1. The number of nitrogens with one attached hydrogen (secondary N) is 1. The fourth-order valence-corrected chi connectivity index (χ4v) is 3.22. The SMILES string of the molecule is Nc1nc(Nc2cccc3cccnc23)ncc1-c1cnc2ccccc2c1. The highest BCUT2D eigenvalue weighted by Crippen LogP contribution is 2.28. The van der Waals surface area contributed by atoms with Crippen LogP contribution in [0.4, 0.5) is 17.5 Å². The van der Waals surface area contributed by atoms with Gasteiger partial charge in [0.1, 0.15) is 5.82 Å². The minimum Gasteiger partial charge on any atom is -0.383 e. The van der Waals surface area contributed by atoms with E-state index in [4.69, 9.17) is 5.73 Å². The van der Waals surface area contributed by atoms with Gasteiger partial charge in [-0.05, 0) is 24.3 Å². The Morgan fingerprint density at radius 1 is 0.786 bits per heavy atom. The molecule has 0 aliphatic heterocycles. The second-order valence-corrected chi connectivity index (χ2v) is 6.41. The molecular formula is C22H16N6. The standard InChI is InChI=1S/C22H16N6/c23-21-17(16-11-15-5-1-2-8-18(15)25-12-16)13-26-22(28-21)27-19-9-3-6-14-7-4-10-24-20(14)19/h1-13H,(H3,23,26,27,28). The Morgan fingerprint density at radius 2 is 1.64 bits per heavy atom. The first kappa shape index (κ1) is 16.1. The number of benzene rings is 2. The van der Waals surface area contributed by atoms with Crippen LogP contribution in [0.3, 0.4) is 0 Å². The number of para-hydroxylation sites is 2. The van der Waals surface area contributed by atoms with Gasteiger partial charge < -0.3 is 11.1 Å². The molecule has 6 nitrogen and oxygen atoms in total. The molecule has 2 aromatic carbocycles. The molecule has 3 heterocycles. The van der Waals surface area contributed by atoms with Crippen molar-refractivity contribution < 1.29 is 0 Å². The summed E-state index contributed by atoms with van der Waals surface area (Å²) in [5.74, 6) is 0.816. The minimum absolute atomic E-state index is 0.391.